The van der Waals surface area contributed by atoms with Gasteiger partial charge in [-0.2, -0.15) is 0 Å². The molecule has 0 aliphatic carbocycles. The summed E-state index contributed by atoms with van der Waals surface area (Å²) in [7, 11) is 0. The predicted molar refractivity (Wildman–Crippen MR) is 108 cm³/mol. The fourth-order valence-electron chi connectivity index (χ4n) is 2.20. The first-order valence-corrected chi connectivity index (χ1v) is 9.52. The van der Waals surface area contributed by atoms with Gasteiger partial charge in [0.15, 0.2) is 0 Å². The van der Waals surface area contributed by atoms with Gasteiger partial charge < -0.3 is 18.9 Å². The van der Waals surface area contributed by atoms with Gasteiger partial charge in [-0.05, 0) is 55.0 Å². The molecule has 0 aromatic heterocycles. The Balaban J connectivity index is 2.39. The molecule has 0 fully saturated rings. The third-order valence-corrected chi connectivity index (χ3v) is 3.68. The number of hydrogen-bond donors (Lipinski definition) is 0. The summed E-state index contributed by atoms with van der Waals surface area (Å²) in [5.41, 5.74) is 4.49. The maximum absolute atomic E-state index is 5.59. The summed E-state index contributed by atoms with van der Waals surface area (Å²) in [6, 6.07) is 8.38. The van der Waals surface area contributed by atoms with Crippen molar-refractivity contribution < 1.29 is 18.9 Å². The zero-order valence-electron chi connectivity index (χ0n) is 16.8. The molecule has 0 spiro atoms. The first-order valence-electron chi connectivity index (χ1n) is 9.52. The Hall–Kier alpha value is -1.78. The molecule has 0 aliphatic heterocycles. The van der Waals surface area contributed by atoms with Crippen LogP contribution >= 0.6 is 0 Å². The summed E-state index contributed by atoms with van der Waals surface area (Å²) in [6.45, 7) is 12.2. The lowest BCUT2D eigenvalue weighted by atomic mass is 10.0. The molecule has 146 valence electrons. The highest BCUT2D eigenvalue weighted by atomic mass is 16.5. The highest BCUT2D eigenvalue weighted by Gasteiger charge is 2.01. The van der Waals surface area contributed by atoms with Gasteiger partial charge in [0, 0.05) is 6.61 Å². The standard InChI is InChI=1S/C22H34O4/c1-5-10-23-12-13-24-14-15-26-18-20(4)22-9-7-8-21(16-22)19(3)17-25-11-6-2/h7-9,16-18H,5-6,10-15H2,1-4H3. The lowest BCUT2D eigenvalue weighted by molar-refractivity contribution is 0.0309. The van der Waals surface area contributed by atoms with E-state index in [1.54, 1.807) is 6.26 Å². The second kappa shape index (κ2) is 14.4. The van der Waals surface area contributed by atoms with Crippen LogP contribution in [-0.4, -0.2) is 39.6 Å². The minimum absolute atomic E-state index is 0.536. The lowest BCUT2D eigenvalue weighted by Crippen LogP contribution is -2.08. The topological polar surface area (TPSA) is 36.9 Å². The van der Waals surface area contributed by atoms with Gasteiger partial charge >= 0.3 is 0 Å². The Morgan fingerprint density at radius 3 is 1.81 bits per heavy atom. The van der Waals surface area contributed by atoms with Gasteiger partial charge in [-0.25, -0.2) is 0 Å². The first kappa shape index (κ1) is 22.3. The molecule has 4 nitrogen and oxygen atoms in total. The summed E-state index contributed by atoms with van der Waals surface area (Å²) >= 11 is 0. The molecule has 0 atom stereocenters. The fourth-order valence-corrected chi connectivity index (χ4v) is 2.20. The molecular weight excluding hydrogens is 328 g/mol. The van der Waals surface area contributed by atoms with E-state index in [2.05, 4.69) is 45.0 Å². The normalized spacial score (nSPS) is 12.3. The molecule has 1 rings (SSSR count). The largest absolute Gasteiger partial charge is 0.501 e. The van der Waals surface area contributed by atoms with Gasteiger partial charge in [0.25, 0.3) is 0 Å². The third-order valence-electron chi connectivity index (χ3n) is 3.68. The van der Waals surface area contributed by atoms with E-state index in [9.17, 15) is 0 Å². The Morgan fingerprint density at radius 1 is 0.731 bits per heavy atom. The van der Waals surface area contributed by atoms with Crippen molar-refractivity contribution in [2.75, 3.05) is 39.6 Å². The van der Waals surface area contributed by atoms with Crippen LogP contribution in [0.5, 0.6) is 0 Å². The molecule has 0 radical (unpaired) electrons. The molecule has 4 heteroatoms. The summed E-state index contributed by atoms with van der Waals surface area (Å²) in [5, 5.41) is 0. The maximum Gasteiger partial charge on any atom is 0.111 e. The molecule has 0 heterocycles. The zero-order chi connectivity index (χ0) is 19.0. The van der Waals surface area contributed by atoms with E-state index in [-0.39, 0.29) is 0 Å². The molecule has 0 saturated heterocycles. The molecule has 26 heavy (non-hydrogen) atoms. The Morgan fingerprint density at radius 2 is 1.23 bits per heavy atom. The van der Waals surface area contributed by atoms with Crippen molar-refractivity contribution in [3.8, 4) is 0 Å². The van der Waals surface area contributed by atoms with Crippen molar-refractivity contribution in [1.29, 1.82) is 0 Å². The van der Waals surface area contributed by atoms with Crippen molar-refractivity contribution in [1.82, 2.24) is 0 Å². The zero-order valence-corrected chi connectivity index (χ0v) is 16.8. The van der Waals surface area contributed by atoms with Gasteiger partial charge in [0.05, 0.1) is 39.0 Å². The smallest absolute Gasteiger partial charge is 0.111 e. The Labute approximate surface area is 158 Å². The summed E-state index contributed by atoms with van der Waals surface area (Å²) in [5.74, 6) is 0. The number of ether oxygens (including phenoxy) is 4. The van der Waals surface area contributed by atoms with Crippen LogP contribution in [0.25, 0.3) is 11.1 Å². The third kappa shape index (κ3) is 9.64. The van der Waals surface area contributed by atoms with Crippen LogP contribution in [0.2, 0.25) is 0 Å². The van der Waals surface area contributed by atoms with Crippen molar-refractivity contribution in [3.05, 3.63) is 47.9 Å². The second-order valence-electron chi connectivity index (χ2n) is 6.15. The molecule has 1 aromatic rings. The lowest BCUT2D eigenvalue weighted by Gasteiger charge is -2.08. The van der Waals surface area contributed by atoms with E-state index < -0.39 is 0 Å². The SMILES string of the molecule is CCCOC=C(C)c1cccc(C(C)=COCCOCCOCCC)c1. The maximum atomic E-state index is 5.59. The summed E-state index contributed by atoms with van der Waals surface area (Å²) in [6.07, 6.45) is 5.68. The second-order valence-corrected chi connectivity index (χ2v) is 6.15. The molecule has 0 amide bonds. The van der Waals surface area contributed by atoms with E-state index in [0.29, 0.717) is 26.4 Å². The predicted octanol–water partition coefficient (Wildman–Crippen LogP) is 5.29. The van der Waals surface area contributed by atoms with Crippen molar-refractivity contribution in [2.24, 2.45) is 0 Å². The molecule has 0 aliphatic rings. The fraction of sp³-hybridized carbons (Fsp3) is 0.545. The van der Waals surface area contributed by atoms with Gasteiger partial charge in [0.1, 0.15) is 6.61 Å². The highest BCUT2D eigenvalue weighted by molar-refractivity contribution is 5.70. The van der Waals surface area contributed by atoms with E-state index in [0.717, 1.165) is 48.3 Å². The highest BCUT2D eigenvalue weighted by Crippen LogP contribution is 2.20. The summed E-state index contributed by atoms with van der Waals surface area (Å²) < 4.78 is 21.9. The van der Waals surface area contributed by atoms with Crippen molar-refractivity contribution in [2.45, 2.75) is 40.5 Å². The average molecular weight is 363 g/mol. The van der Waals surface area contributed by atoms with Crippen LogP contribution in [-0.2, 0) is 18.9 Å². The molecule has 0 bridgehead atoms. The van der Waals surface area contributed by atoms with Crippen LogP contribution in [0.1, 0.15) is 51.7 Å². The first-order chi connectivity index (χ1) is 12.7. The molecule has 1 aromatic carbocycles. The van der Waals surface area contributed by atoms with Crippen LogP contribution in [0.15, 0.2) is 36.8 Å². The van der Waals surface area contributed by atoms with E-state index in [1.165, 1.54) is 0 Å². The van der Waals surface area contributed by atoms with Crippen LogP contribution in [0.4, 0.5) is 0 Å². The van der Waals surface area contributed by atoms with E-state index >= 15 is 0 Å². The van der Waals surface area contributed by atoms with Crippen molar-refractivity contribution >= 4 is 11.1 Å². The van der Waals surface area contributed by atoms with Crippen LogP contribution < -0.4 is 0 Å². The van der Waals surface area contributed by atoms with Gasteiger partial charge in [-0.1, -0.05) is 32.0 Å². The molecule has 0 unspecified atom stereocenters. The van der Waals surface area contributed by atoms with Gasteiger partial charge in [-0.3, -0.25) is 0 Å². The number of hydrogen-bond acceptors (Lipinski definition) is 4. The van der Waals surface area contributed by atoms with Crippen LogP contribution in [0, 0.1) is 0 Å². The summed E-state index contributed by atoms with van der Waals surface area (Å²) in [4.78, 5) is 0. The molecule has 0 saturated carbocycles. The molecular formula is C22H34O4. The minimum atomic E-state index is 0.536. The van der Waals surface area contributed by atoms with Crippen molar-refractivity contribution in [3.63, 3.8) is 0 Å². The monoisotopic (exact) mass is 362 g/mol. The number of allylic oxidation sites excluding steroid dienone is 2. The average Bonchev–Trinajstić information content (AvgIpc) is 2.66. The number of rotatable bonds is 14. The molecule has 0 N–H and O–H groups in total. The van der Waals surface area contributed by atoms with Gasteiger partial charge in [-0.15, -0.1) is 0 Å². The van der Waals surface area contributed by atoms with E-state index in [4.69, 9.17) is 18.9 Å². The minimum Gasteiger partial charge on any atom is -0.501 e. The Kier molecular flexibility index (Phi) is 12.3. The number of benzene rings is 1. The quantitative estimate of drug-likeness (QED) is 0.333. The van der Waals surface area contributed by atoms with E-state index in [1.807, 2.05) is 13.2 Å². The van der Waals surface area contributed by atoms with Gasteiger partial charge in [0.2, 0.25) is 0 Å². The van der Waals surface area contributed by atoms with Crippen LogP contribution in [0.3, 0.4) is 0 Å². The Bertz CT molecular complexity index is 549.